The number of aromatic nitrogens is 2. The van der Waals surface area contributed by atoms with Gasteiger partial charge >= 0.3 is 0 Å². The molecular formula is C18H14N4O2S. The fourth-order valence-corrected chi connectivity index (χ4v) is 4.08. The van der Waals surface area contributed by atoms with Crippen LogP contribution in [0.3, 0.4) is 0 Å². The molecule has 0 saturated heterocycles. The van der Waals surface area contributed by atoms with Crippen LogP contribution in [0.5, 0.6) is 0 Å². The van der Waals surface area contributed by atoms with Gasteiger partial charge in [0.1, 0.15) is 5.56 Å². The van der Waals surface area contributed by atoms with Crippen molar-refractivity contribution in [2.45, 2.75) is 25.8 Å². The van der Waals surface area contributed by atoms with Crippen molar-refractivity contribution >= 4 is 22.2 Å². The van der Waals surface area contributed by atoms with Gasteiger partial charge in [-0.15, -0.1) is 11.3 Å². The summed E-state index contributed by atoms with van der Waals surface area (Å²) in [4.78, 5) is 30.0. The van der Waals surface area contributed by atoms with E-state index in [1.807, 2.05) is 24.4 Å². The largest absolute Gasteiger partial charge is 0.345 e. The molecule has 0 radical (unpaired) electrons. The number of amides is 1. The molecule has 1 aromatic carbocycles. The van der Waals surface area contributed by atoms with Crippen LogP contribution in [0.25, 0.3) is 4.96 Å². The number of carbonyl (C=O) groups excluding carboxylic acids is 1. The first-order chi connectivity index (χ1) is 12.1. The highest BCUT2D eigenvalue weighted by Crippen LogP contribution is 2.31. The smallest absolute Gasteiger partial charge is 0.271 e. The number of rotatable bonds is 2. The first-order valence-electron chi connectivity index (χ1n) is 7.88. The van der Waals surface area contributed by atoms with Gasteiger partial charge in [-0.1, -0.05) is 6.07 Å². The Morgan fingerprint density at radius 3 is 3.12 bits per heavy atom. The summed E-state index contributed by atoms with van der Waals surface area (Å²) in [6, 6.07) is 7.46. The third-order valence-corrected chi connectivity index (χ3v) is 5.47. The third-order valence-electron chi connectivity index (χ3n) is 4.52. The van der Waals surface area contributed by atoms with E-state index in [2.05, 4.69) is 16.4 Å². The van der Waals surface area contributed by atoms with Crippen molar-refractivity contribution in [1.29, 1.82) is 5.26 Å². The third kappa shape index (κ3) is 2.51. The zero-order valence-corrected chi connectivity index (χ0v) is 14.3. The van der Waals surface area contributed by atoms with E-state index in [0.717, 1.165) is 29.7 Å². The molecule has 1 aliphatic carbocycles. The van der Waals surface area contributed by atoms with E-state index >= 15 is 0 Å². The molecule has 4 rings (SSSR count). The molecule has 1 aliphatic rings. The van der Waals surface area contributed by atoms with Gasteiger partial charge in [0.15, 0.2) is 4.96 Å². The molecule has 6 nitrogen and oxygen atoms in total. The van der Waals surface area contributed by atoms with Crippen LogP contribution < -0.4 is 10.9 Å². The van der Waals surface area contributed by atoms with E-state index in [1.54, 1.807) is 6.07 Å². The number of aryl methyl sites for hydroxylation is 2. The minimum atomic E-state index is -0.417. The molecule has 0 saturated carbocycles. The fourth-order valence-electron chi connectivity index (χ4n) is 3.25. The molecule has 7 heteroatoms. The zero-order valence-electron chi connectivity index (χ0n) is 13.4. The van der Waals surface area contributed by atoms with E-state index < -0.39 is 5.91 Å². The lowest BCUT2D eigenvalue weighted by Gasteiger charge is -2.14. The lowest BCUT2D eigenvalue weighted by Crippen LogP contribution is -2.33. The number of fused-ring (bicyclic) bond motifs is 2. The summed E-state index contributed by atoms with van der Waals surface area (Å²) in [7, 11) is 0. The maximum absolute atomic E-state index is 12.6. The topological polar surface area (TPSA) is 87.3 Å². The Bertz CT molecular complexity index is 1110. The van der Waals surface area contributed by atoms with Gasteiger partial charge in [-0.25, -0.2) is 4.98 Å². The van der Waals surface area contributed by atoms with Crippen LogP contribution in [0.4, 0.5) is 0 Å². The van der Waals surface area contributed by atoms with Gasteiger partial charge < -0.3 is 5.32 Å². The summed E-state index contributed by atoms with van der Waals surface area (Å²) in [6.45, 7) is 1.81. The Morgan fingerprint density at radius 1 is 1.48 bits per heavy atom. The second-order valence-electron chi connectivity index (χ2n) is 6.06. The molecule has 0 spiro atoms. The molecule has 1 unspecified atom stereocenters. The van der Waals surface area contributed by atoms with Crippen molar-refractivity contribution in [3.05, 3.63) is 68.1 Å². The van der Waals surface area contributed by atoms with Gasteiger partial charge in [0, 0.05) is 17.3 Å². The highest BCUT2D eigenvalue weighted by Gasteiger charge is 2.26. The molecule has 1 amide bonds. The van der Waals surface area contributed by atoms with Crippen molar-refractivity contribution < 1.29 is 4.79 Å². The Hall–Kier alpha value is -2.98. The standard InChI is InChI=1S/C18H14N4O2S/c1-10-9-25-18-20-8-14(17(24)22(10)18)16(23)21-15-5-3-12-6-11(7-19)2-4-13(12)15/h2,4,6,8-9,15H,3,5H2,1H3,(H,21,23). The van der Waals surface area contributed by atoms with E-state index in [0.29, 0.717) is 10.5 Å². The molecule has 1 atom stereocenters. The minimum Gasteiger partial charge on any atom is -0.345 e. The minimum absolute atomic E-state index is 0.0427. The SMILES string of the molecule is Cc1csc2ncc(C(=O)NC3CCc4cc(C#N)ccc43)c(=O)n12. The van der Waals surface area contributed by atoms with Crippen LogP contribution in [-0.4, -0.2) is 15.3 Å². The average molecular weight is 350 g/mol. The second kappa shape index (κ2) is 5.83. The Kier molecular flexibility index (Phi) is 3.62. The monoisotopic (exact) mass is 350 g/mol. The van der Waals surface area contributed by atoms with Crippen LogP contribution in [-0.2, 0) is 6.42 Å². The normalized spacial score (nSPS) is 15.8. The lowest BCUT2D eigenvalue weighted by molar-refractivity contribution is 0.0934. The van der Waals surface area contributed by atoms with E-state index in [4.69, 9.17) is 5.26 Å². The predicted octanol–water partition coefficient (Wildman–Crippen LogP) is 2.35. The maximum Gasteiger partial charge on any atom is 0.271 e. The summed E-state index contributed by atoms with van der Waals surface area (Å²) in [5.74, 6) is -0.417. The Labute approximate surface area is 147 Å². The van der Waals surface area contributed by atoms with E-state index in [-0.39, 0.29) is 17.2 Å². The summed E-state index contributed by atoms with van der Waals surface area (Å²) < 4.78 is 1.46. The molecule has 0 fully saturated rings. The number of thiazole rings is 1. The molecule has 3 aromatic rings. The maximum atomic E-state index is 12.6. The fraction of sp³-hybridized carbons (Fsp3) is 0.222. The summed E-state index contributed by atoms with van der Waals surface area (Å²) in [6.07, 6.45) is 2.90. The molecular weight excluding hydrogens is 336 g/mol. The molecule has 124 valence electrons. The number of nitriles is 1. The first kappa shape index (κ1) is 15.5. The number of carbonyl (C=O) groups is 1. The van der Waals surface area contributed by atoms with Crippen LogP contribution >= 0.6 is 11.3 Å². The van der Waals surface area contributed by atoms with Gasteiger partial charge in [0.2, 0.25) is 0 Å². The molecule has 0 bridgehead atoms. The summed E-state index contributed by atoms with van der Waals surface area (Å²) in [5.41, 5.74) is 3.16. The Morgan fingerprint density at radius 2 is 2.32 bits per heavy atom. The number of benzene rings is 1. The van der Waals surface area contributed by atoms with Gasteiger partial charge in [-0.3, -0.25) is 14.0 Å². The predicted molar refractivity (Wildman–Crippen MR) is 93.8 cm³/mol. The van der Waals surface area contributed by atoms with E-state index in [1.165, 1.54) is 21.9 Å². The van der Waals surface area contributed by atoms with Gasteiger partial charge in [0.25, 0.3) is 11.5 Å². The average Bonchev–Trinajstić information content (AvgIpc) is 3.19. The molecule has 25 heavy (non-hydrogen) atoms. The van der Waals surface area contributed by atoms with Crippen molar-refractivity contribution in [3.63, 3.8) is 0 Å². The number of hydrogen-bond donors (Lipinski definition) is 1. The lowest BCUT2D eigenvalue weighted by atomic mass is 10.1. The van der Waals surface area contributed by atoms with Gasteiger partial charge in [0.05, 0.1) is 17.7 Å². The molecule has 2 aromatic heterocycles. The number of nitrogens with one attached hydrogen (secondary N) is 1. The van der Waals surface area contributed by atoms with Crippen LogP contribution in [0.15, 0.2) is 34.6 Å². The number of hydrogen-bond acceptors (Lipinski definition) is 5. The van der Waals surface area contributed by atoms with Crippen molar-refractivity contribution in [2.24, 2.45) is 0 Å². The van der Waals surface area contributed by atoms with Gasteiger partial charge in [-0.05, 0) is 43.0 Å². The van der Waals surface area contributed by atoms with E-state index in [9.17, 15) is 9.59 Å². The summed E-state index contributed by atoms with van der Waals surface area (Å²) >= 11 is 1.37. The van der Waals surface area contributed by atoms with Crippen molar-refractivity contribution in [3.8, 4) is 6.07 Å². The zero-order chi connectivity index (χ0) is 17.6. The van der Waals surface area contributed by atoms with Crippen LogP contribution in [0.2, 0.25) is 0 Å². The van der Waals surface area contributed by atoms with Crippen LogP contribution in [0.1, 0.15) is 45.2 Å². The molecule has 1 N–H and O–H groups in total. The van der Waals surface area contributed by atoms with Gasteiger partial charge in [-0.2, -0.15) is 5.26 Å². The summed E-state index contributed by atoms with van der Waals surface area (Å²) in [5, 5.41) is 13.8. The van der Waals surface area contributed by atoms with Crippen LogP contribution in [0, 0.1) is 18.3 Å². The highest BCUT2D eigenvalue weighted by atomic mass is 32.1. The quantitative estimate of drug-likeness (QED) is 0.768. The second-order valence-corrected chi connectivity index (χ2v) is 6.90. The highest BCUT2D eigenvalue weighted by molar-refractivity contribution is 7.15. The number of nitrogens with zero attached hydrogens (tertiary/aromatic N) is 3. The Balaban J connectivity index is 1.64. The molecule has 0 aliphatic heterocycles. The first-order valence-corrected chi connectivity index (χ1v) is 8.76. The van der Waals surface area contributed by atoms with Crippen molar-refractivity contribution in [2.75, 3.05) is 0 Å². The molecule has 2 heterocycles. The van der Waals surface area contributed by atoms with Crippen molar-refractivity contribution in [1.82, 2.24) is 14.7 Å².